The second kappa shape index (κ2) is 7.92. The van der Waals surface area contributed by atoms with Crippen molar-refractivity contribution < 1.29 is 13.2 Å². The van der Waals surface area contributed by atoms with Crippen molar-refractivity contribution >= 4 is 28.3 Å². The molecule has 0 saturated carbocycles. The summed E-state index contributed by atoms with van der Waals surface area (Å²) in [6.07, 6.45) is 0.900. The topological polar surface area (TPSA) is 69.7 Å². The van der Waals surface area contributed by atoms with Crippen molar-refractivity contribution in [3.8, 4) is 0 Å². The summed E-state index contributed by atoms with van der Waals surface area (Å²) in [5.41, 5.74) is 0. The van der Waals surface area contributed by atoms with Crippen LogP contribution in [-0.2, 0) is 14.8 Å². The third-order valence-corrected chi connectivity index (χ3v) is 5.60. The Labute approximate surface area is 137 Å². The minimum atomic E-state index is -3.62. The number of halogens is 1. The Morgan fingerprint density at radius 1 is 1.27 bits per heavy atom. The van der Waals surface area contributed by atoms with Gasteiger partial charge in [0, 0.05) is 26.7 Å². The molecule has 1 N–H and O–H groups in total. The zero-order valence-corrected chi connectivity index (χ0v) is 14.4. The number of nitrogens with zero attached hydrogens (tertiary/aromatic N) is 2. The predicted molar refractivity (Wildman–Crippen MR) is 87.6 cm³/mol. The van der Waals surface area contributed by atoms with Crippen LogP contribution in [-0.4, -0.2) is 63.3 Å². The molecule has 1 atom stereocenters. The van der Waals surface area contributed by atoms with Crippen LogP contribution in [0.2, 0.25) is 0 Å². The lowest BCUT2D eigenvalue weighted by Gasteiger charge is -2.26. The molecule has 0 aliphatic carbocycles. The molecule has 22 heavy (non-hydrogen) atoms. The molecule has 0 bridgehead atoms. The Bertz CT molecular complexity index is 589. The molecule has 0 radical (unpaired) electrons. The van der Waals surface area contributed by atoms with Crippen molar-refractivity contribution in [2.75, 3.05) is 33.7 Å². The molecule has 0 aromatic heterocycles. The van der Waals surface area contributed by atoms with Gasteiger partial charge in [0.05, 0.1) is 11.4 Å². The van der Waals surface area contributed by atoms with Gasteiger partial charge in [-0.2, -0.15) is 4.31 Å². The molecular weight excluding hydrogens is 326 g/mol. The van der Waals surface area contributed by atoms with Crippen molar-refractivity contribution in [2.24, 2.45) is 0 Å². The molecule has 1 aliphatic rings. The van der Waals surface area contributed by atoms with Crippen LogP contribution in [0.5, 0.6) is 0 Å². The summed E-state index contributed by atoms with van der Waals surface area (Å²) in [5.74, 6) is -0.189. The number of carbonyl (C=O) groups excluding carboxylic acids is 1. The average Bonchev–Trinajstić information content (AvgIpc) is 3.01. The molecular formula is C14H22ClN3O3S. The lowest BCUT2D eigenvalue weighted by atomic mass is 10.2. The van der Waals surface area contributed by atoms with Crippen molar-refractivity contribution in [1.29, 1.82) is 0 Å². The molecule has 1 heterocycles. The molecule has 6 nitrogen and oxygen atoms in total. The number of rotatable bonds is 5. The highest BCUT2D eigenvalue weighted by molar-refractivity contribution is 7.89. The van der Waals surface area contributed by atoms with Crippen molar-refractivity contribution in [3.63, 3.8) is 0 Å². The highest BCUT2D eigenvalue weighted by Crippen LogP contribution is 2.14. The van der Waals surface area contributed by atoms with E-state index in [0.717, 1.165) is 23.8 Å². The van der Waals surface area contributed by atoms with Crippen LogP contribution in [0.4, 0.5) is 0 Å². The smallest absolute Gasteiger partial charge is 0.243 e. The Balaban J connectivity index is 0.00000242. The third-order valence-electron chi connectivity index (χ3n) is 3.78. The van der Waals surface area contributed by atoms with E-state index in [2.05, 4.69) is 5.32 Å². The van der Waals surface area contributed by atoms with E-state index < -0.39 is 10.0 Å². The largest absolute Gasteiger partial charge is 0.340 e. The van der Waals surface area contributed by atoms with Crippen LogP contribution in [0.1, 0.15) is 6.42 Å². The minimum absolute atomic E-state index is 0. The highest BCUT2D eigenvalue weighted by Gasteiger charge is 2.27. The Hall–Kier alpha value is -1.15. The molecule has 2 rings (SSSR count). The summed E-state index contributed by atoms with van der Waals surface area (Å²) in [6, 6.07) is 8.29. The molecule has 1 saturated heterocycles. The number of benzene rings is 1. The molecule has 1 aromatic rings. The standard InChI is InChI=1S/C14H21N3O3S.ClH/c1-16(21(19,20)13-6-4-3-5-7-13)11-14(18)17(2)12-8-9-15-10-12;/h3-7,12,15H,8-11H2,1-2H3;1H. The van der Waals surface area contributed by atoms with Gasteiger partial charge in [0.25, 0.3) is 0 Å². The predicted octanol–water partition coefficient (Wildman–Crippen LogP) is 0.549. The number of likely N-dealkylation sites (N-methyl/N-ethyl adjacent to an activating group) is 2. The fourth-order valence-electron chi connectivity index (χ4n) is 2.33. The zero-order chi connectivity index (χ0) is 15.5. The van der Waals surface area contributed by atoms with Crippen molar-refractivity contribution in [1.82, 2.24) is 14.5 Å². The first kappa shape index (κ1) is 18.9. The quantitative estimate of drug-likeness (QED) is 0.844. The van der Waals surface area contributed by atoms with E-state index in [0.29, 0.717) is 0 Å². The van der Waals surface area contributed by atoms with E-state index >= 15 is 0 Å². The lowest BCUT2D eigenvalue weighted by molar-refractivity contribution is -0.131. The van der Waals surface area contributed by atoms with Gasteiger partial charge in [0.1, 0.15) is 0 Å². The van der Waals surface area contributed by atoms with Gasteiger partial charge in [-0.15, -0.1) is 12.4 Å². The summed E-state index contributed by atoms with van der Waals surface area (Å²) in [4.78, 5) is 14.0. The highest BCUT2D eigenvalue weighted by atomic mass is 35.5. The van der Waals surface area contributed by atoms with Gasteiger partial charge < -0.3 is 10.2 Å². The van der Waals surface area contributed by atoms with Crippen LogP contribution in [0.25, 0.3) is 0 Å². The van der Waals surface area contributed by atoms with Crippen molar-refractivity contribution in [3.05, 3.63) is 30.3 Å². The summed E-state index contributed by atoms with van der Waals surface area (Å²) >= 11 is 0. The van der Waals surface area contributed by atoms with Gasteiger partial charge in [0.15, 0.2) is 0 Å². The second-order valence-corrected chi connectivity index (χ2v) is 7.27. The zero-order valence-electron chi connectivity index (χ0n) is 12.7. The molecule has 1 fully saturated rings. The summed E-state index contributed by atoms with van der Waals surface area (Å²) in [5, 5.41) is 3.19. The van der Waals surface area contributed by atoms with Gasteiger partial charge in [-0.1, -0.05) is 18.2 Å². The Morgan fingerprint density at radius 3 is 2.45 bits per heavy atom. The van der Waals surface area contributed by atoms with Gasteiger partial charge >= 0.3 is 0 Å². The number of carbonyl (C=O) groups is 1. The van der Waals surface area contributed by atoms with Crippen molar-refractivity contribution in [2.45, 2.75) is 17.4 Å². The van der Waals surface area contributed by atoms with Crippen LogP contribution in [0, 0.1) is 0 Å². The number of sulfonamides is 1. The number of nitrogens with one attached hydrogen (secondary N) is 1. The van der Waals surface area contributed by atoms with E-state index in [1.807, 2.05) is 0 Å². The molecule has 8 heteroatoms. The Morgan fingerprint density at radius 2 is 1.91 bits per heavy atom. The molecule has 1 unspecified atom stereocenters. The summed E-state index contributed by atoms with van der Waals surface area (Å²) in [7, 11) is -0.464. The number of hydrogen-bond donors (Lipinski definition) is 1. The SMILES string of the molecule is CN(C(=O)CN(C)S(=O)(=O)c1ccccc1)C1CCNC1.Cl. The van der Waals surface area contributed by atoms with Gasteiger partial charge in [-0.25, -0.2) is 8.42 Å². The van der Waals surface area contributed by atoms with Crippen LogP contribution in [0.15, 0.2) is 35.2 Å². The summed E-state index contributed by atoms with van der Waals surface area (Å²) in [6.45, 7) is 1.50. The van der Waals surface area contributed by atoms with E-state index in [-0.39, 0.29) is 35.8 Å². The van der Waals surface area contributed by atoms with E-state index in [1.54, 1.807) is 30.1 Å². The molecule has 0 spiro atoms. The molecule has 124 valence electrons. The lowest BCUT2D eigenvalue weighted by Crippen LogP contribution is -2.44. The first-order valence-electron chi connectivity index (χ1n) is 6.90. The number of hydrogen-bond acceptors (Lipinski definition) is 4. The first-order chi connectivity index (χ1) is 9.93. The van der Waals surface area contributed by atoms with Crippen LogP contribution >= 0.6 is 12.4 Å². The maximum absolute atomic E-state index is 12.4. The third kappa shape index (κ3) is 4.19. The van der Waals surface area contributed by atoms with Gasteiger partial charge in [-0.3, -0.25) is 4.79 Å². The monoisotopic (exact) mass is 347 g/mol. The maximum Gasteiger partial charge on any atom is 0.243 e. The molecule has 1 aliphatic heterocycles. The maximum atomic E-state index is 12.4. The number of amides is 1. The average molecular weight is 348 g/mol. The normalized spacial score (nSPS) is 18.0. The first-order valence-corrected chi connectivity index (χ1v) is 8.34. The fraction of sp³-hybridized carbons (Fsp3) is 0.500. The minimum Gasteiger partial charge on any atom is -0.340 e. The van der Waals surface area contributed by atoms with E-state index in [9.17, 15) is 13.2 Å². The van der Waals surface area contributed by atoms with Gasteiger partial charge in [0.2, 0.25) is 15.9 Å². The van der Waals surface area contributed by atoms with Gasteiger partial charge in [-0.05, 0) is 25.1 Å². The molecule has 1 aromatic carbocycles. The molecule has 1 amide bonds. The second-order valence-electron chi connectivity index (χ2n) is 5.23. The fourth-order valence-corrected chi connectivity index (χ4v) is 3.47. The Kier molecular flexibility index (Phi) is 6.80. The van der Waals surface area contributed by atoms with E-state index in [1.165, 1.54) is 19.2 Å². The summed E-state index contributed by atoms with van der Waals surface area (Å²) < 4.78 is 25.8. The van der Waals surface area contributed by atoms with Crippen LogP contribution < -0.4 is 5.32 Å². The van der Waals surface area contributed by atoms with E-state index in [4.69, 9.17) is 0 Å². The van der Waals surface area contributed by atoms with Crippen LogP contribution in [0.3, 0.4) is 0 Å².